The van der Waals surface area contributed by atoms with Crippen LogP contribution >= 0.6 is 7.82 Å². The summed E-state index contributed by atoms with van der Waals surface area (Å²) in [5.74, 6) is 0. The molecule has 2 saturated carbocycles. The molecule has 106 valence electrons. The molecule has 0 radical (unpaired) electrons. The van der Waals surface area contributed by atoms with Gasteiger partial charge in [0.25, 0.3) is 0 Å². The molecule has 2 rings (SSSR count). The Bertz CT molecular complexity index is 259. The minimum atomic E-state index is -3.34. The SMILES string of the molecule is COP(=O)(OC1CCCCC1)OC1CCCCC1. The highest BCUT2D eigenvalue weighted by atomic mass is 31.2. The van der Waals surface area contributed by atoms with Gasteiger partial charge >= 0.3 is 7.82 Å². The van der Waals surface area contributed by atoms with Gasteiger partial charge in [-0.2, -0.15) is 0 Å². The topological polar surface area (TPSA) is 44.8 Å². The molecule has 0 spiro atoms. The van der Waals surface area contributed by atoms with Crippen LogP contribution in [-0.4, -0.2) is 19.3 Å². The molecule has 0 aromatic rings. The highest BCUT2D eigenvalue weighted by Crippen LogP contribution is 2.53. The summed E-state index contributed by atoms with van der Waals surface area (Å²) < 4.78 is 28.8. The fourth-order valence-corrected chi connectivity index (χ4v) is 4.19. The molecule has 0 saturated heterocycles. The largest absolute Gasteiger partial charge is 0.475 e. The molecular formula is C13H25O4P. The summed E-state index contributed by atoms with van der Waals surface area (Å²) >= 11 is 0. The fourth-order valence-electron chi connectivity index (χ4n) is 2.82. The van der Waals surface area contributed by atoms with Crippen LogP contribution in [0.2, 0.25) is 0 Å². The molecule has 0 atom stereocenters. The molecule has 0 heterocycles. The summed E-state index contributed by atoms with van der Waals surface area (Å²) in [6, 6.07) is 0. The highest BCUT2D eigenvalue weighted by Gasteiger charge is 2.33. The summed E-state index contributed by atoms with van der Waals surface area (Å²) in [4.78, 5) is 0. The summed E-state index contributed by atoms with van der Waals surface area (Å²) in [6.07, 6.45) is 11.1. The maximum Gasteiger partial charge on any atom is 0.475 e. The maximum atomic E-state index is 12.5. The van der Waals surface area contributed by atoms with Crippen molar-refractivity contribution in [2.24, 2.45) is 0 Å². The summed E-state index contributed by atoms with van der Waals surface area (Å²) in [6.45, 7) is 0. The molecule has 0 bridgehead atoms. The molecule has 5 heteroatoms. The molecular weight excluding hydrogens is 251 g/mol. The zero-order chi connectivity index (χ0) is 12.8. The Hall–Kier alpha value is 0.110. The molecule has 2 aliphatic carbocycles. The summed E-state index contributed by atoms with van der Waals surface area (Å²) in [7, 11) is -1.91. The van der Waals surface area contributed by atoms with Gasteiger partial charge in [0.1, 0.15) is 0 Å². The van der Waals surface area contributed by atoms with Gasteiger partial charge in [0.05, 0.1) is 12.2 Å². The third-order valence-electron chi connectivity index (χ3n) is 3.88. The van der Waals surface area contributed by atoms with Gasteiger partial charge in [-0.05, 0) is 25.7 Å². The molecule has 0 unspecified atom stereocenters. The predicted molar refractivity (Wildman–Crippen MR) is 70.5 cm³/mol. The first kappa shape index (κ1) is 14.5. The quantitative estimate of drug-likeness (QED) is 0.696. The van der Waals surface area contributed by atoms with Crippen molar-refractivity contribution in [2.45, 2.75) is 76.4 Å². The van der Waals surface area contributed by atoms with E-state index in [0.717, 1.165) is 51.4 Å². The Morgan fingerprint density at radius 1 is 0.778 bits per heavy atom. The van der Waals surface area contributed by atoms with E-state index >= 15 is 0 Å². The number of phosphoric acid groups is 1. The number of hydrogen-bond acceptors (Lipinski definition) is 4. The van der Waals surface area contributed by atoms with Crippen molar-refractivity contribution in [1.82, 2.24) is 0 Å². The fraction of sp³-hybridized carbons (Fsp3) is 1.00. The van der Waals surface area contributed by atoms with Crippen LogP contribution in [0.4, 0.5) is 0 Å². The minimum Gasteiger partial charge on any atom is -0.290 e. The molecule has 2 fully saturated rings. The van der Waals surface area contributed by atoms with Crippen LogP contribution in [0.3, 0.4) is 0 Å². The van der Waals surface area contributed by atoms with Crippen molar-refractivity contribution in [1.29, 1.82) is 0 Å². The smallest absolute Gasteiger partial charge is 0.290 e. The van der Waals surface area contributed by atoms with Crippen LogP contribution in [-0.2, 0) is 18.1 Å². The minimum absolute atomic E-state index is 0.0492. The monoisotopic (exact) mass is 276 g/mol. The number of phosphoric ester groups is 1. The third kappa shape index (κ3) is 4.34. The Labute approximate surface area is 110 Å². The normalized spacial score (nSPS) is 24.3. The van der Waals surface area contributed by atoms with Crippen LogP contribution in [0, 0.1) is 0 Å². The van der Waals surface area contributed by atoms with Crippen LogP contribution in [0.15, 0.2) is 0 Å². The van der Waals surface area contributed by atoms with E-state index in [-0.39, 0.29) is 12.2 Å². The van der Waals surface area contributed by atoms with Crippen molar-refractivity contribution in [2.75, 3.05) is 7.11 Å². The van der Waals surface area contributed by atoms with Gasteiger partial charge in [-0.25, -0.2) is 4.57 Å². The molecule has 0 N–H and O–H groups in total. The van der Waals surface area contributed by atoms with E-state index in [9.17, 15) is 4.57 Å². The van der Waals surface area contributed by atoms with Gasteiger partial charge in [-0.15, -0.1) is 0 Å². The Balaban J connectivity index is 1.85. The van der Waals surface area contributed by atoms with Gasteiger partial charge in [0.15, 0.2) is 0 Å². The first-order chi connectivity index (χ1) is 8.72. The van der Waals surface area contributed by atoms with Crippen LogP contribution in [0.1, 0.15) is 64.2 Å². The third-order valence-corrected chi connectivity index (χ3v) is 5.44. The highest BCUT2D eigenvalue weighted by molar-refractivity contribution is 7.48. The van der Waals surface area contributed by atoms with Gasteiger partial charge < -0.3 is 0 Å². The average Bonchev–Trinajstić information content (AvgIpc) is 2.41. The van der Waals surface area contributed by atoms with E-state index in [4.69, 9.17) is 13.6 Å². The first-order valence-corrected chi connectivity index (χ1v) is 8.70. The Kier molecular flexibility index (Phi) is 5.68. The lowest BCUT2D eigenvalue weighted by Gasteiger charge is -2.29. The maximum absolute atomic E-state index is 12.5. The summed E-state index contributed by atoms with van der Waals surface area (Å²) in [5, 5.41) is 0. The lowest BCUT2D eigenvalue weighted by atomic mass is 9.98. The van der Waals surface area contributed by atoms with Crippen molar-refractivity contribution in [3.05, 3.63) is 0 Å². The van der Waals surface area contributed by atoms with Gasteiger partial charge in [-0.1, -0.05) is 38.5 Å². The molecule has 0 aliphatic heterocycles. The van der Waals surface area contributed by atoms with E-state index in [0.29, 0.717) is 0 Å². The lowest BCUT2D eigenvalue weighted by molar-refractivity contribution is 0.0387. The van der Waals surface area contributed by atoms with Crippen molar-refractivity contribution in [3.8, 4) is 0 Å². The van der Waals surface area contributed by atoms with Crippen molar-refractivity contribution in [3.63, 3.8) is 0 Å². The van der Waals surface area contributed by atoms with Crippen molar-refractivity contribution >= 4 is 7.82 Å². The Morgan fingerprint density at radius 2 is 1.17 bits per heavy atom. The van der Waals surface area contributed by atoms with E-state index in [2.05, 4.69) is 0 Å². The average molecular weight is 276 g/mol. The first-order valence-electron chi connectivity index (χ1n) is 7.24. The summed E-state index contributed by atoms with van der Waals surface area (Å²) in [5.41, 5.74) is 0. The van der Waals surface area contributed by atoms with E-state index < -0.39 is 7.82 Å². The van der Waals surface area contributed by atoms with Crippen LogP contribution < -0.4 is 0 Å². The van der Waals surface area contributed by atoms with Crippen molar-refractivity contribution < 1.29 is 18.1 Å². The Morgan fingerprint density at radius 3 is 1.50 bits per heavy atom. The van der Waals surface area contributed by atoms with E-state index in [1.807, 2.05) is 0 Å². The molecule has 2 aliphatic rings. The number of hydrogen-bond donors (Lipinski definition) is 0. The molecule has 0 aromatic heterocycles. The van der Waals surface area contributed by atoms with Crippen LogP contribution in [0.5, 0.6) is 0 Å². The van der Waals surface area contributed by atoms with E-state index in [1.54, 1.807) is 0 Å². The van der Waals surface area contributed by atoms with Crippen LogP contribution in [0.25, 0.3) is 0 Å². The molecule has 0 amide bonds. The zero-order valence-corrected chi connectivity index (χ0v) is 12.2. The van der Waals surface area contributed by atoms with Gasteiger partial charge in [0.2, 0.25) is 0 Å². The van der Waals surface area contributed by atoms with E-state index in [1.165, 1.54) is 20.0 Å². The zero-order valence-electron chi connectivity index (χ0n) is 11.3. The molecule has 4 nitrogen and oxygen atoms in total. The molecule has 0 aromatic carbocycles. The molecule has 18 heavy (non-hydrogen) atoms. The number of rotatable bonds is 5. The standard InChI is InChI=1S/C13H25O4P/c1-15-18(14,16-12-8-4-2-5-9-12)17-13-10-6-3-7-11-13/h12-13H,2-11H2,1H3. The predicted octanol–water partition coefficient (Wildman–Crippen LogP) is 4.44. The second kappa shape index (κ2) is 7.04. The second-order valence-corrected chi connectivity index (χ2v) is 7.04. The second-order valence-electron chi connectivity index (χ2n) is 5.36. The van der Waals surface area contributed by atoms with Gasteiger partial charge in [0, 0.05) is 7.11 Å². The lowest BCUT2D eigenvalue weighted by Crippen LogP contribution is -2.20. The van der Waals surface area contributed by atoms with Gasteiger partial charge in [-0.3, -0.25) is 13.6 Å².